The topological polar surface area (TPSA) is 58.6 Å². The Bertz CT molecular complexity index is 268. The van der Waals surface area contributed by atoms with E-state index in [9.17, 15) is 4.79 Å². The molecule has 0 saturated heterocycles. The average Bonchev–Trinajstić information content (AvgIpc) is 2.50. The second-order valence-corrected chi connectivity index (χ2v) is 2.88. The zero-order valence-electron chi connectivity index (χ0n) is 6.08. The molecule has 4 heteroatoms. The molecule has 0 aliphatic heterocycles. The van der Waals surface area contributed by atoms with E-state index in [1.165, 1.54) is 0 Å². The van der Waals surface area contributed by atoms with Crippen LogP contribution in [0.2, 0.25) is 0 Å². The summed E-state index contributed by atoms with van der Waals surface area (Å²) in [6.45, 7) is 0. The van der Waals surface area contributed by atoms with Crippen LogP contribution in [0.1, 0.15) is 17.8 Å². The van der Waals surface area contributed by atoms with Crippen molar-refractivity contribution in [2.75, 3.05) is 0 Å². The van der Waals surface area contributed by atoms with Crippen LogP contribution in [0.3, 0.4) is 0 Å². The van der Waals surface area contributed by atoms with E-state index in [0.717, 1.165) is 36.9 Å². The number of nitrogens with one attached hydrogen (secondary N) is 1. The molecule has 1 heterocycles. The molecule has 4 nitrogen and oxygen atoms in total. The average molecular weight is 151 g/mol. The van der Waals surface area contributed by atoms with Crippen LogP contribution >= 0.6 is 0 Å². The smallest absolute Gasteiger partial charge is 0.123 e. The van der Waals surface area contributed by atoms with E-state index in [1.807, 2.05) is 0 Å². The number of carbonyl (C=O) groups excluding carboxylic acids is 1. The van der Waals surface area contributed by atoms with Gasteiger partial charge in [0.05, 0.1) is 11.4 Å². The first-order chi connectivity index (χ1) is 5.40. The van der Waals surface area contributed by atoms with Crippen molar-refractivity contribution in [2.45, 2.75) is 19.3 Å². The number of H-pyrrole nitrogens is 1. The highest BCUT2D eigenvalue weighted by Crippen LogP contribution is 2.19. The SMILES string of the molecule is O=CC1CCc2[nH]nnc2C1. The normalized spacial score (nSPS) is 22.7. The van der Waals surface area contributed by atoms with E-state index < -0.39 is 0 Å². The lowest BCUT2D eigenvalue weighted by Crippen LogP contribution is -2.14. The Labute approximate surface area is 64.0 Å². The van der Waals surface area contributed by atoms with Gasteiger partial charge in [0.25, 0.3) is 0 Å². The first-order valence-corrected chi connectivity index (χ1v) is 3.74. The van der Waals surface area contributed by atoms with Crippen LogP contribution < -0.4 is 0 Å². The minimum Gasteiger partial charge on any atom is -0.303 e. The number of aldehydes is 1. The largest absolute Gasteiger partial charge is 0.303 e. The molecule has 0 fully saturated rings. The van der Waals surface area contributed by atoms with Gasteiger partial charge in [-0.25, -0.2) is 0 Å². The van der Waals surface area contributed by atoms with Gasteiger partial charge in [0.15, 0.2) is 0 Å². The monoisotopic (exact) mass is 151 g/mol. The molecule has 1 aliphatic rings. The van der Waals surface area contributed by atoms with Gasteiger partial charge in [-0.15, -0.1) is 5.10 Å². The van der Waals surface area contributed by atoms with E-state index in [4.69, 9.17) is 0 Å². The van der Waals surface area contributed by atoms with E-state index >= 15 is 0 Å². The van der Waals surface area contributed by atoms with Crippen LogP contribution in [0, 0.1) is 5.92 Å². The molecular weight excluding hydrogens is 142 g/mol. The van der Waals surface area contributed by atoms with Gasteiger partial charge in [0.2, 0.25) is 0 Å². The number of hydrogen-bond acceptors (Lipinski definition) is 3. The van der Waals surface area contributed by atoms with Gasteiger partial charge in [0, 0.05) is 12.3 Å². The summed E-state index contributed by atoms with van der Waals surface area (Å²) in [5.74, 6) is 0.160. The van der Waals surface area contributed by atoms with E-state index in [2.05, 4.69) is 15.4 Å². The van der Waals surface area contributed by atoms with Crippen LogP contribution in [0.5, 0.6) is 0 Å². The Kier molecular flexibility index (Phi) is 1.45. The number of aromatic nitrogens is 3. The second-order valence-electron chi connectivity index (χ2n) is 2.88. The van der Waals surface area contributed by atoms with Gasteiger partial charge in [-0.05, 0) is 12.8 Å². The molecule has 1 unspecified atom stereocenters. The maximum absolute atomic E-state index is 10.4. The molecule has 58 valence electrons. The summed E-state index contributed by atoms with van der Waals surface area (Å²) in [5.41, 5.74) is 2.07. The molecule has 1 atom stereocenters. The van der Waals surface area contributed by atoms with E-state index in [-0.39, 0.29) is 5.92 Å². The van der Waals surface area contributed by atoms with Crippen molar-refractivity contribution in [3.63, 3.8) is 0 Å². The number of aromatic amines is 1. The summed E-state index contributed by atoms with van der Waals surface area (Å²) < 4.78 is 0. The van der Waals surface area contributed by atoms with Gasteiger partial charge in [0.1, 0.15) is 6.29 Å². The predicted molar refractivity (Wildman–Crippen MR) is 38.0 cm³/mol. The Morgan fingerprint density at radius 3 is 3.36 bits per heavy atom. The number of fused-ring (bicyclic) bond motifs is 1. The summed E-state index contributed by atoms with van der Waals surface area (Å²) in [6.07, 6.45) is 3.61. The number of aryl methyl sites for hydroxylation is 1. The molecule has 0 saturated carbocycles. The molecule has 1 N–H and O–H groups in total. The minimum atomic E-state index is 0.160. The van der Waals surface area contributed by atoms with Crippen molar-refractivity contribution in [2.24, 2.45) is 5.92 Å². The molecule has 2 rings (SSSR count). The number of hydrogen-bond donors (Lipinski definition) is 1. The minimum absolute atomic E-state index is 0.160. The molecular formula is C7H9N3O. The Morgan fingerprint density at radius 2 is 2.55 bits per heavy atom. The van der Waals surface area contributed by atoms with Crippen LogP contribution in [0.25, 0.3) is 0 Å². The number of nitrogens with zero attached hydrogens (tertiary/aromatic N) is 2. The van der Waals surface area contributed by atoms with Gasteiger partial charge in [-0.1, -0.05) is 5.21 Å². The van der Waals surface area contributed by atoms with Crippen molar-refractivity contribution in [1.29, 1.82) is 0 Å². The van der Waals surface area contributed by atoms with Crippen molar-refractivity contribution in [1.82, 2.24) is 15.4 Å². The van der Waals surface area contributed by atoms with Crippen LogP contribution in [-0.4, -0.2) is 21.7 Å². The number of carbonyl (C=O) groups is 1. The van der Waals surface area contributed by atoms with Crippen molar-refractivity contribution >= 4 is 6.29 Å². The third-order valence-electron chi connectivity index (χ3n) is 2.12. The molecule has 0 bridgehead atoms. The third kappa shape index (κ3) is 1.04. The van der Waals surface area contributed by atoms with Crippen LogP contribution in [-0.2, 0) is 17.6 Å². The fourth-order valence-electron chi connectivity index (χ4n) is 1.43. The maximum atomic E-state index is 10.4. The molecule has 0 amide bonds. The molecule has 0 aromatic carbocycles. The molecule has 1 aromatic heterocycles. The molecule has 1 aliphatic carbocycles. The highest BCUT2D eigenvalue weighted by molar-refractivity contribution is 5.54. The van der Waals surface area contributed by atoms with Crippen molar-refractivity contribution < 1.29 is 4.79 Å². The van der Waals surface area contributed by atoms with Crippen LogP contribution in [0.4, 0.5) is 0 Å². The van der Waals surface area contributed by atoms with E-state index in [1.54, 1.807) is 0 Å². The highest BCUT2D eigenvalue weighted by atomic mass is 16.1. The third-order valence-corrected chi connectivity index (χ3v) is 2.12. The molecule has 11 heavy (non-hydrogen) atoms. The standard InChI is InChI=1S/C7H9N3O/c11-4-5-1-2-6-7(3-5)9-10-8-6/h4-5H,1-3H2,(H,8,9,10). The first kappa shape index (κ1) is 6.52. The van der Waals surface area contributed by atoms with Gasteiger partial charge in [-0.2, -0.15) is 0 Å². The van der Waals surface area contributed by atoms with Crippen LogP contribution in [0.15, 0.2) is 0 Å². The summed E-state index contributed by atoms with van der Waals surface area (Å²) in [5, 5.41) is 10.4. The first-order valence-electron chi connectivity index (χ1n) is 3.74. The lowest BCUT2D eigenvalue weighted by molar-refractivity contribution is -0.111. The lowest BCUT2D eigenvalue weighted by atomic mass is 9.91. The molecule has 1 aromatic rings. The van der Waals surface area contributed by atoms with Crippen molar-refractivity contribution in [3.05, 3.63) is 11.4 Å². The zero-order valence-corrected chi connectivity index (χ0v) is 6.08. The number of rotatable bonds is 1. The van der Waals surface area contributed by atoms with Gasteiger partial charge in [-0.3, -0.25) is 5.10 Å². The maximum Gasteiger partial charge on any atom is 0.123 e. The Hall–Kier alpha value is -1.19. The van der Waals surface area contributed by atoms with Gasteiger partial charge >= 0.3 is 0 Å². The summed E-state index contributed by atoms with van der Waals surface area (Å²) >= 11 is 0. The Morgan fingerprint density at radius 1 is 1.64 bits per heavy atom. The van der Waals surface area contributed by atoms with E-state index in [0.29, 0.717) is 0 Å². The molecule has 0 radical (unpaired) electrons. The second kappa shape index (κ2) is 2.45. The highest BCUT2D eigenvalue weighted by Gasteiger charge is 2.20. The zero-order chi connectivity index (χ0) is 7.68. The molecule has 0 spiro atoms. The lowest BCUT2D eigenvalue weighted by Gasteiger charge is -2.13. The fraction of sp³-hybridized carbons (Fsp3) is 0.571. The Balaban J connectivity index is 2.24. The summed E-state index contributed by atoms with van der Waals surface area (Å²) in [7, 11) is 0. The summed E-state index contributed by atoms with van der Waals surface area (Å²) in [6, 6.07) is 0. The van der Waals surface area contributed by atoms with Crippen molar-refractivity contribution in [3.8, 4) is 0 Å². The predicted octanol–water partition coefficient (Wildman–Crippen LogP) is 0.108. The quantitative estimate of drug-likeness (QED) is 0.579. The summed E-state index contributed by atoms with van der Waals surface area (Å²) in [4.78, 5) is 10.4. The fourth-order valence-corrected chi connectivity index (χ4v) is 1.43. The van der Waals surface area contributed by atoms with Gasteiger partial charge < -0.3 is 4.79 Å².